The largest absolute Gasteiger partial charge is 0.341 e. The van der Waals surface area contributed by atoms with Crippen LogP contribution in [0.4, 0.5) is 0 Å². The summed E-state index contributed by atoms with van der Waals surface area (Å²) in [4.78, 5) is 40.0. The number of thiophene rings is 1. The van der Waals surface area contributed by atoms with Crippen molar-refractivity contribution < 1.29 is 4.79 Å². The van der Waals surface area contributed by atoms with Crippen molar-refractivity contribution in [3.05, 3.63) is 32.3 Å². The van der Waals surface area contributed by atoms with Gasteiger partial charge in [0.2, 0.25) is 5.91 Å². The molecule has 0 bridgehead atoms. The Labute approximate surface area is 150 Å². The van der Waals surface area contributed by atoms with E-state index >= 15 is 0 Å². The van der Waals surface area contributed by atoms with Crippen molar-refractivity contribution in [2.45, 2.75) is 46.7 Å². The van der Waals surface area contributed by atoms with Gasteiger partial charge in [0.05, 0.1) is 5.52 Å². The van der Waals surface area contributed by atoms with E-state index < -0.39 is 0 Å². The summed E-state index contributed by atoms with van der Waals surface area (Å²) in [6.45, 7) is 8.07. The second kappa shape index (κ2) is 7.15. The van der Waals surface area contributed by atoms with Crippen molar-refractivity contribution in [3.63, 3.8) is 0 Å². The van der Waals surface area contributed by atoms with Gasteiger partial charge in [-0.05, 0) is 36.1 Å². The highest BCUT2D eigenvalue weighted by Gasteiger charge is 2.26. The Morgan fingerprint density at radius 2 is 1.88 bits per heavy atom. The maximum Gasteiger partial charge on any atom is 0.332 e. The number of aromatic nitrogens is 2. The minimum absolute atomic E-state index is 0.00446. The van der Waals surface area contributed by atoms with Gasteiger partial charge in [0.25, 0.3) is 5.56 Å². The topological polar surface area (TPSA) is 64.3 Å². The number of carbonyl (C=O) groups excluding carboxylic acids is 1. The molecule has 0 aliphatic carbocycles. The molecule has 3 heterocycles. The van der Waals surface area contributed by atoms with Crippen LogP contribution in [0.25, 0.3) is 10.2 Å². The van der Waals surface area contributed by atoms with Crippen molar-refractivity contribution >= 4 is 27.5 Å². The molecule has 0 unspecified atom stereocenters. The van der Waals surface area contributed by atoms with Crippen LogP contribution in [-0.2, 0) is 17.9 Å². The highest BCUT2D eigenvalue weighted by Crippen LogP contribution is 2.21. The third-order valence-corrected chi connectivity index (χ3v) is 5.69. The summed E-state index contributed by atoms with van der Waals surface area (Å²) in [6, 6.07) is 1.76. The van der Waals surface area contributed by atoms with E-state index in [-0.39, 0.29) is 23.7 Å². The molecule has 3 rings (SSSR count). The number of rotatable bonds is 4. The number of nitrogens with zero attached hydrogens (tertiary/aromatic N) is 3. The molecule has 2 aromatic heterocycles. The summed E-state index contributed by atoms with van der Waals surface area (Å²) in [5, 5.41) is 1.80. The first kappa shape index (κ1) is 17.9. The Bertz CT molecular complexity index is 885. The standard InChI is InChI=1S/C18H25N3O3S/c1-4-6-20-17(23)16-14(5-7-25-16)21(18(20)24)11-15(22)19-9-12(2)8-13(3)10-19/h5,7,12-13H,4,6,8-11H2,1-3H3/t12-,13+. The summed E-state index contributed by atoms with van der Waals surface area (Å²) >= 11 is 1.32. The predicted molar refractivity (Wildman–Crippen MR) is 100 cm³/mol. The van der Waals surface area contributed by atoms with Gasteiger partial charge >= 0.3 is 5.69 Å². The Kier molecular flexibility index (Phi) is 5.13. The van der Waals surface area contributed by atoms with Gasteiger partial charge in [-0.25, -0.2) is 4.79 Å². The number of hydrogen-bond donors (Lipinski definition) is 0. The van der Waals surface area contributed by atoms with E-state index in [2.05, 4.69) is 13.8 Å². The highest BCUT2D eigenvalue weighted by atomic mass is 32.1. The zero-order chi connectivity index (χ0) is 18.1. The van der Waals surface area contributed by atoms with Crippen LogP contribution in [0.2, 0.25) is 0 Å². The summed E-state index contributed by atoms with van der Waals surface area (Å²) in [5.41, 5.74) is -0.0659. The second-order valence-electron chi connectivity index (χ2n) is 7.21. The SMILES string of the molecule is CCCn1c(=O)c2sccc2n(CC(=O)N2C[C@H](C)C[C@H](C)C2)c1=O. The van der Waals surface area contributed by atoms with Crippen LogP contribution in [-0.4, -0.2) is 33.0 Å². The van der Waals surface area contributed by atoms with Gasteiger partial charge < -0.3 is 4.90 Å². The lowest BCUT2D eigenvalue weighted by Crippen LogP contribution is -2.46. The van der Waals surface area contributed by atoms with Gasteiger partial charge in [-0.3, -0.25) is 18.7 Å². The zero-order valence-electron chi connectivity index (χ0n) is 15.0. The number of fused-ring (bicyclic) bond motifs is 1. The molecule has 1 aliphatic heterocycles. The molecule has 0 spiro atoms. The molecule has 1 amide bonds. The molecular formula is C18H25N3O3S. The van der Waals surface area contributed by atoms with E-state index in [4.69, 9.17) is 0 Å². The van der Waals surface area contributed by atoms with Crippen molar-refractivity contribution in [1.82, 2.24) is 14.0 Å². The average Bonchev–Trinajstić information content (AvgIpc) is 3.04. The molecule has 0 saturated carbocycles. The molecule has 25 heavy (non-hydrogen) atoms. The van der Waals surface area contributed by atoms with Crippen LogP contribution in [0.15, 0.2) is 21.0 Å². The maximum atomic E-state index is 12.8. The van der Waals surface area contributed by atoms with E-state index in [1.165, 1.54) is 20.5 Å². The van der Waals surface area contributed by atoms with Gasteiger partial charge in [-0.1, -0.05) is 20.8 Å². The normalized spacial score (nSPS) is 21.0. The van der Waals surface area contributed by atoms with Gasteiger partial charge in [-0.2, -0.15) is 0 Å². The van der Waals surface area contributed by atoms with Crippen LogP contribution in [0.5, 0.6) is 0 Å². The van der Waals surface area contributed by atoms with Crippen LogP contribution in [0.3, 0.4) is 0 Å². The first-order valence-corrected chi connectivity index (χ1v) is 9.79. The number of hydrogen-bond acceptors (Lipinski definition) is 4. The summed E-state index contributed by atoms with van der Waals surface area (Å²) < 4.78 is 3.27. The average molecular weight is 363 g/mol. The molecule has 0 N–H and O–H groups in total. The molecule has 2 atom stereocenters. The van der Waals surface area contributed by atoms with Crippen molar-refractivity contribution in [1.29, 1.82) is 0 Å². The van der Waals surface area contributed by atoms with Crippen molar-refractivity contribution in [3.8, 4) is 0 Å². The predicted octanol–water partition coefficient (Wildman–Crippen LogP) is 2.14. The summed E-state index contributed by atoms with van der Waals surface area (Å²) in [6.07, 6.45) is 1.82. The number of amides is 1. The Balaban J connectivity index is 1.98. The third kappa shape index (κ3) is 3.42. The Hall–Kier alpha value is -1.89. The molecule has 0 radical (unpaired) electrons. The lowest BCUT2D eigenvalue weighted by atomic mass is 9.92. The molecule has 6 nitrogen and oxygen atoms in total. The number of likely N-dealkylation sites (tertiary alicyclic amines) is 1. The van der Waals surface area contributed by atoms with Gasteiger partial charge in [0.15, 0.2) is 0 Å². The highest BCUT2D eigenvalue weighted by molar-refractivity contribution is 7.17. The fourth-order valence-corrected chi connectivity index (χ4v) is 4.65. The van der Waals surface area contributed by atoms with Gasteiger partial charge in [0.1, 0.15) is 11.2 Å². The zero-order valence-corrected chi connectivity index (χ0v) is 15.8. The van der Waals surface area contributed by atoms with E-state index in [1.807, 2.05) is 11.8 Å². The van der Waals surface area contributed by atoms with Crippen LogP contribution in [0, 0.1) is 11.8 Å². The quantitative estimate of drug-likeness (QED) is 0.836. The minimum atomic E-state index is -0.385. The van der Waals surface area contributed by atoms with Crippen molar-refractivity contribution in [2.24, 2.45) is 11.8 Å². The molecule has 136 valence electrons. The number of carbonyl (C=O) groups is 1. The third-order valence-electron chi connectivity index (χ3n) is 4.80. The number of piperidine rings is 1. The summed E-state index contributed by atoms with van der Waals surface area (Å²) in [7, 11) is 0. The molecule has 1 aliphatic rings. The Morgan fingerprint density at radius 3 is 2.52 bits per heavy atom. The van der Waals surface area contributed by atoms with E-state index in [1.54, 1.807) is 11.4 Å². The molecule has 0 aromatic carbocycles. The second-order valence-corrected chi connectivity index (χ2v) is 8.12. The van der Waals surface area contributed by atoms with Gasteiger partial charge in [-0.15, -0.1) is 11.3 Å². The first-order chi connectivity index (χ1) is 11.9. The van der Waals surface area contributed by atoms with E-state index in [0.29, 0.717) is 35.0 Å². The molecule has 2 aromatic rings. The molecule has 1 fully saturated rings. The van der Waals surface area contributed by atoms with Gasteiger partial charge in [0, 0.05) is 19.6 Å². The fraction of sp³-hybridized carbons (Fsp3) is 0.611. The Morgan fingerprint density at radius 1 is 1.20 bits per heavy atom. The lowest BCUT2D eigenvalue weighted by molar-refractivity contribution is -0.134. The van der Waals surface area contributed by atoms with Crippen LogP contribution in [0.1, 0.15) is 33.6 Å². The monoisotopic (exact) mass is 363 g/mol. The smallest absolute Gasteiger partial charge is 0.332 e. The molecule has 7 heteroatoms. The first-order valence-electron chi connectivity index (χ1n) is 8.91. The van der Waals surface area contributed by atoms with Crippen molar-refractivity contribution in [2.75, 3.05) is 13.1 Å². The fourth-order valence-electron chi connectivity index (χ4n) is 3.81. The summed E-state index contributed by atoms with van der Waals surface area (Å²) in [5.74, 6) is 0.897. The van der Waals surface area contributed by atoms with Crippen LogP contribution < -0.4 is 11.2 Å². The maximum absolute atomic E-state index is 12.8. The molecule has 1 saturated heterocycles. The minimum Gasteiger partial charge on any atom is -0.341 e. The van der Waals surface area contributed by atoms with E-state index in [9.17, 15) is 14.4 Å². The van der Waals surface area contributed by atoms with Crippen LogP contribution >= 0.6 is 11.3 Å². The molecular weight excluding hydrogens is 338 g/mol. The lowest BCUT2D eigenvalue weighted by Gasteiger charge is -2.35. The van der Waals surface area contributed by atoms with E-state index in [0.717, 1.165) is 19.5 Å².